The van der Waals surface area contributed by atoms with Crippen molar-refractivity contribution in [2.45, 2.75) is 33.6 Å². The summed E-state index contributed by atoms with van der Waals surface area (Å²) in [6.07, 6.45) is 2.43. The first kappa shape index (κ1) is 12.0. The minimum absolute atomic E-state index is 1.06. The van der Waals surface area contributed by atoms with Crippen LogP contribution in [0.25, 0.3) is 0 Å². The lowest BCUT2D eigenvalue weighted by molar-refractivity contribution is 0.980. The van der Waals surface area contributed by atoms with E-state index in [9.17, 15) is 0 Å². The SMILES string of the molecule is CCC.CCCNc1ccccc1. The predicted octanol–water partition coefficient (Wildman–Crippen LogP) is 3.92. The highest BCUT2D eigenvalue weighted by atomic mass is 14.9. The second kappa shape index (κ2) is 9.11. The predicted molar refractivity (Wildman–Crippen MR) is 61.2 cm³/mol. The molecule has 0 fully saturated rings. The van der Waals surface area contributed by atoms with Gasteiger partial charge in [0, 0.05) is 12.2 Å². The zero-order valence-electron chi connectivity index (χ0n) is 9.01. The third-order valence-electron chi connectivity index (χ3n) is 1.35. The van der Waals surface area contributed by atoms with Crippen LogP contribution in [0.15, 0.2) is 30.3 Å². The Labute approximate surface area is 82.2 Å². The number of rotatable bonds is 3. The van der Waals surface area contributed by atoms with Gasteiger partial charge in [-0.1, -0.05) is 45.4 Å². The number of nitrogens with one attached hydrogen (secondary N) is 1. The number of anilines is 1. The third-order valence-corrected chi connectivity index (χ3v) is 1.35. The molecule has 1 rings (SSSR count). The Morgan fingerprint density at radius 2 is 1.54 bits per heavy atom. The fourth-order valence-electron chi connectivity index (χ4n) is 0.825. The van der Waals surface area contributed by atoms with Crippen LogP contribution in [0.5, 0.6) is 0 Å². The van der Waals surface area contributed by atoms with Gasteiger partial charge < -0.3 is 5.32 Å². The van der Waals surface area contributed by atoms with Crippen molar-refractivity contribution < 1.29 is 0 Å². The molecule has 0 unspecified atom stereocenters. The summed E-state index contributed by atoms with van der Waals surface area (Å²) in [7, 11) is 0. The van der Waals surface area contributed by atoms with Crippen LogP contribution in [-0.2, 0) is 0 Å². The number of hydrogen-bond acceptors (Lipinski definition) is 1. The van der Waals surface area contributed by atoms with Gasteiger partial charge in [0.15, 0.2) is 0 Å². The molecule has 13 heavy (non-hydrogen) atoms. The van der Waals surface area contributed by atoms with Gasteiger partial charge in [0.25, 0.3) is 0 Å². The van der Waals surface area contributed by atoms with E-state index in [-0.39, 0.29) is 0 Å². The van der Waals surface area contributed by atoms with E-state index >= 15 is 0 Å². The number of benzene rings is 1. The molecule has 1 heteroatoms. The van der Waals surface area contributed by atoms with Crippen LogP contribution >= 0.6 is 0 Å². The monoisotopic (exact) mass is 179 g/mol. The molecule has 0 saturated heterocycles. The molecule has 0 aliphatic carbocycles. The highest BCUT2D eigenvalue weighted by molar-refractivity contribution is 5.42. The minimum atomic E-state index is 1.06. The van der Waals surface area contributed by atoms with Crippen molar-refractivity contribution in [3.8, 4) is 0 Å². The fourth-order valence-corrected chi connectivity index (χ4v) is 0.825. The van der Waals surface area contributed by atoms with E-state index in [1.54, 1.807) is 0 Å². The zero-order valence-corrected chi connectivity index (χ0v) is 9.01. The molecule has 0 aromatic heterocycles. The average molecular weight is 179 g/mol. The maximum Gasteiger partial charge on any atom is 0.0340 e. The van der Waals surface area contributed by atoms with E-state index in [0.717, 1.165) is 6.54 Å². The van der Waals surface area contributed by atoms with E-state index in [2.05, 4.69) is 38.2 Å². The minimum Gasteiger partial charge on any atom is -0.385 e. The lowest BCUT2D eigenvalue weighted by Crippen LogP contribution is -1.98. The fraction of sp³-hybridized carbons (Fsp3) is 0.500. The summed E-state index contributed by atoms with van der Waals surface area (Å²) in [5, 5.41) is 3.29. The Morgan fingerprint density at radius 3 is 2.00 bits per heavy atom. The molecule has 0 aliphatic heterocycles. The van der Waals surface area contributed by atoms with Crippen molar-refractivity contribution in [1.82, 2.24) is 0 Å². The number of hydrogen-bond donors (Lipinski definition) is 1. The van der Waals surface area contributed by atoms with Crippen LogP contribution in [0.3, 0.4) is 0 Å². The Balaban J connectivity index is 0.000000424. The van der Waals surface area contributed by atoms with Crippen molar-refractivity contribution in [3.05, 3.63) is 30.3 Å². The maximum absolute atomic E-state index is 3.29. The Kier molecular flexibility index (Phi) is 8.42. The van der Waals surface area contributed by atoms with Crippen molar-refractivity contribution in [1.29, 1.82) is 0 Å². The van der Waals surface area contributed by atoms with Gasteiger partial charge >= 0.3 is 0 Å². The van der Waals surface area contributed by atoms with E-state index in [4.69, 9.17) is 0 Å². The topological polar surface area (TPSA) is 12.0 Å². The summed E-state index contributed by atoms with van der Waals surface area (Å²) in [6.45, 7) is 7.47. The first-order valence-corrected chi connectivity index (χ1v) is 5.14. The summed E-state index contributed by atoms with van der Waals surface area (Å²) in [4.78, 5) is 0. The molecular formula is C12H21N. The van der Waals surface area contributed by atoms with E-state index in [1.807, 2.05) is 18.2 Å². The molecule has 74 valence electrons. The largest absolute Gasteiger partial charge is 0.385 e. The smallest absolute Gasteiger partial charge is 0.0340 e. The van der Waals surface area contributed by atoms with Gasteiger partial charge in [-0.2, -0.15) is 0 Å². The normalized spacial score (nSPS) is 8.54. The van der Waals surface area contributed by atoms with Gasteiger partial charge in [0.2, 0.25) is 0 Å². The van der Waals surface area contributed by atoms with Crippen molar-refractivity contribution in [2.75, 3.05) is 11.9 Å². The van der Waals surface area contributed by atoms with Crippen molar-refractivity contribution >= 4 is 5.69 Å². The molecule has 0 bridgehead atoms. The van der Waals surface area contributed by atoms with Gasteiger partial charge in [-0.15, -0.1) is 0 Å². The molecule has 0 heterocycles. The number of para-hydroxylation sites is 1. The van der Waals surface area contributed by atoms with E-state index in [0.29, 0.717) is 0 Å². The van der Waals surface area contributed by atoms with Crippen LogP contribution < -0.4 is 5.32 Å². The molecule has 1 N–H and O–H groups in total. The first-order chi connectivity index (χ1) is 6.35. The Hall–Kier alpha value is -0.980. The maximum atomic E-state index is 3.29. The van der Waals surface area contributed by atoms with E-state index in [1.165, 1.54) is 18.5 Å². The van der Waals surface area contributed by atoms with E-state index < -0.39 is 0 Å². The Morgan fingerprint density at radius 1 is 1.00 bits per heavy atom. The summed E-state index contributed by atoms with van der Waals surface area (Å²) in [5.41, 5.74) is 1.21. The highest BCUT2D eigenvalue weighted by Crippen LogP contribution is 2.03. The summed E-state index contributed by atoms with van der Waals surface area (Å²) < 4.78 is 0. The molecule has 1 aromatic rings. The standard InChI is InChI=1S/C9H13N.C3H8/c1-2-8-10-9-6-4-3-5-7-9;1-3-2/h3-7,10H,2,8H2,1H3;3H2,1-2H3. The quantitative estimate of drug-likeness (QED) is 0.741. The molecule has 0 atom stereocenters. The lowest BCUT2D eigenvalue weighted by Gasteiger charge is -2.01. The molecular weight excluding hydrogens is 158 g/mol. The molecule has 1 nitrogen and oxygen atoms in total. The molecule has 1 aromatic carbocycles. The molecule has 0 aliphatic rings. The third kappa shape index (κ3) is 7.38. The van der Waals surface area contributed by atoms with Crippen molar-refractivity contribution in [2.24, 2.45) is 0 Å². The van der Waals surface area contributed by atoms with Crippen LogP contribution in [0, 0.1) is 0 Å². The van der Waals surface area contributed by atoms with Gasteiger partial charge in [0.05, 0.1) is 0 Å². The average Bonchev–Trinajstić information content (AvgIpc) is 2.18. The van der Waals surface area contributed by atoms with Crippen LogP contribution in [-0.4, -0.2) is 6.54 Å². The Bertz CT molecular complexity index is 182. The first-order valence-electron chi connectivity index (χ1n) is 5.14. The summed E-state index contributed by atoms with van der Waals surface area (Å²) in [5.74, 6) is 0. The second-order valence-corrected chi connectivity index (χ2v) is 3.00. The zero-order chi connectivity index (χ0) is 9.94. The van der Waals surface area contributed by atoms with Crippen molar-refractivity contribution in [3.63, 3.8) is 0 Å². The van der Waals surface area contributed by atoms with Gasteiger partial charge in [-0.25, -0.2) is 0 Å². The van der Waals surface area contributed by atoms with Crippen LogP contribution in [0.2, 0.25) is 0 Å². The molecule has 0 amide bonds. The van der Waals surface area contributed by atoms with Gasteiger partial charge in [-0.05, 0) is 18.6 Å². The van der Waals surface area contributed by atoms with Crippen LogP contribution in [0.1, 0.15) is 33.6 Å². The second-order valence-electron chi connectivity index (χ2n) is 3.00. The highest BCUT2D eigenvalue weighted by Gasteiger charge is 1.84. The molecule has 0 spiro atoms. The molecule has 0 saturated carbocycles. The summed E-state index contributed by atoms with van der Waals surface area (Å²) >= 11 is 0. The van der Waals surface area contributed by atoms with Gasteiger partial charge in [-0.3, -0.25) is 0 Å². The lowest BCUT2D eigenvalue weighted by atomic mass is 10.3. The van der Waals surface area contributed by atoms with Crippen LogP contribution in [0.4, 0.5) is 5.69 Å². The summed E-state index contributed by atoms with van der Waals surface area (Å²) in [6, 6.07) is 10.3. The molecule has 0 radical (unpaired) electrons. The van der Waals surface area contributed by atoms with Gasteiger partial charge in [0.1, 0.15) is 0 Å².